The molecule has 0 aliphatic rings. The molecule has 2 aromatic rings. The van der Waals surface area contributed by atoms with Crippen molar-refractivity contribution >= 4 is 0 Å². The standard InChI is InChI=1S/C15H14F2/c1-9-4-11(3)15(14(17)7-9)12-5-10(2)6-13(16)8-12/h4-8H,1-3H3. The highest BCUT2D eigenvalue weighted by atomic mass is 19.1. The Kier molecular flexibility index (Phi) is 2.97. The minimum Gasteiger partial charge on any atom is -0.207 e. The third-order valence-corrected chi connectivity index (χ3v) is 2.76. The van der Waals surface area contributed by atoms with Crippen molar-refractivity contribution in [3.8, 4) is 11.1 Å². The van der Waals surface area contributed by atoms with Crippen LogP contribution in [0.25, 0.3) is 11.1 Å². The van der Waals surface area contributed by atoms with E-state index in [1.165, 1.54) is 18.2 Å². The highest BCUT2D eigenvalue weighted by molar-refractivity contribution is 5.69. The first-order chi connectivity index (χ1) is 7.97. The van der Waals surface area contributed by atoms with E-state index in [1.54, 1.807) is 13.0 Å². The Labute approximate surface area is 99.9 Å². The first kappa shape index (κ1) is 11.8. The van der Waals surface area contributed by atoms with Gasteiger partial charge < -0.3 is 0 Å². The Hall–Kier alpha value is -1.70. The van der Waals surface area contributed by atoms with E-state index in [0.29, 0.717) is 11.1 Å². The number of benzene rings is 2. The first-order valence-corrected chi connectivity index (χ1v) is 5.51. The first-order valence-electron chi connectivity index (χ1n) is 5.51. The van der Waals surface area contributed by atoms with E-state index in [9.17, 15) is 8.78 Å². The summed E-state index contributed by atoms with van der Waals surface area (Å²) in [5, 5.41) is 0. The third kappa shape index (κ3) is 2.36. The fraction of sp³-hybridized carbons (Fsp3) is 0.200. The normalized spacial score (nSPS) is 10.6. The summed E-state index contributed by atoms with van der Waals surface area (Å²) in [6.07, 6.45) is 0. The fourth-order valence-electron chi connectivity index (χ4n) is 2.16. The summed E-state index contributed by atoms with van der Waals surface area (Å²) >= 11 is 0. The lowest BCUT2D eigenvalue weighted by Crippen LogP contribution is -1.92. The molecule has 0 heterocycles. The summed E-state index contributed by atoms with van der Waals surface area (Å²) in [6, 6.07) is 7.98. The molecule has 0 saturated heterocycles. The molecule has 2 rings (SSSR count). The maximum atomic E-state index is 13.9. The van der Waals surface area contributed by atoms with Crippen molar-refractivity contribution in [2.75, 3.05) is 0 Å². The molecule has 0 amide bonds. The molecule has 0 radical (unpaired) electrons. The number of aryl methyl sites for hydroxylation is 3. The van der Waals surface area contributed by atoms with E-state index in [1.807, 2.05) is 19.9 Å². The molecule has 88 valence electrons. The zero-order valence-corrected chi connectivity index (χ0v) is 10.1. The summed E-state index contributed by atoms with van der Waals surface area (Å²) < 4.78 is 27.3. The molecule has 17 heavy (non-hydrogen) atoms. The molecule has 0 N–H and O–H groups in total. The maximum Gasteiger partial charge on any atom is 0.131 e. The second kappa shape index (κ2) is 4.28. The molecule has 0 aliphatic carbocycles. The zero-order chi connectivity index (χ0) is 12.6. The highest BCUT2D eigenvalue weighted by Crippen LogP contribution is 2.29. The minimum absolute atomic E-state index is 0.299. The van der Waals surface area contributed by atoms with Crippen molar-refractivity contribution in [3.05, 3.63) is 58.7 Å². The van der Waals surface area contributed by atoms with Gasteiger partial charge in [-0.2, -0.15) is 0 Å². The number of rotatable bonds is 1. The van der Waals surface area contributed by atoms with Gasteiger partial charge in [0, 0.05) is 5.56 Å². The van der Waals surface area contributed by atoms with Crippen molar-refractivity contribution in [1.29, 1.82) is 0 Å². The van der Waals surface area contributed by atoms with Crippen LogP contribution >= 0.6 is 0 Å². The topological polar surface area (TPSA) is 0 Å². The predicted octanol–water partition coefficient (Wildman–Crippen LogP) is 4.56. The van der Waals surface area contributed by atoms with Gasteiger partial charge in [-0.05, 0) is 61.2 Å². The summed E-state index contributed by atoms with van der Waals surface area (Å²) in [7, 11) is 0. The summed E-state index contributed by atoms with van der Waals surface area (Å²) in [5.74, 6) is -0.633. The molecule has 0 spiro atoms. The zero-order valence-electron chi connectivity index (χ0n) is 10.1. The van der Waals surface area contributed by atoms with Crippen LogP contribution in [0.5, 0.6) is 0 Å². The number of hydrogen-bond acceptors (Lipinski definition) is 0. The summed E-state index contributed by atoms with van der Waals surface area (Å²) in [4.78, 5) is 0. The van der Waals surface area contributed by atoms with Gasteiger partial charge in [-0.3, -0.25) is 0 Å². The van der Waals surface area contributed by atoms with E-state index < -0.39 is 0 Å². The molecule has 2 heteroatoms. The second-order valence-corrected chi connectivity index (χ2v) is 4.46. The Morgan fingerprint density at radius 3 is 2.00 bits per heavy atom. The van der Waals surface area contributed by atoms with Gasteiger partial charge in [-0.25, -0.2) is 8.78 Å². The Bertz CT molecular complexity index is 528. The van der Waals surface area contributed by atoms with Gasteiger partial charge in [0.2, 0.25) is 0 Å². The Morgan fingerprint density at radius 2 is 1.41 bits per heavy atom. The van der Waals surface area contributed by atoms with Crippen LogP contribution in [0.1, 0.15) is 16.7 Å². The van der Waals surface area contributed by atoms with Crippen molar-refractivity contribution in [2.24, 2.45) is 0 Å². The van der Waals surface area contributed by atoms with Crippen molar-refractivity contribution in [1.82, 2.24) is 0 Å². The van der Waals surface area contributed by atoms with Crippen LogP contribution in [0, 0.1) is 32.4 Å². The average molecular weight is 232 g/mol. The quantitative estimate of drug-likeness (QED) is 0.676. The van der Waals surface area contributed by atoms with Crippen molar-refractivity contribution in [3.63, 3.8) is 0 Å². The lowest BCUT2D eigenvalue weighted by atomic mass is 9.97. The SMILES string of the molecule is Cc1cc(F)cc(-c2c(C)cc(C)cc2F)c1. The van der Waals surface area contributed by atoms with Gasteiger partial charge >= 0.3 is 0 Å². The van der Waals surface area contributed by atoms with Crippen LogP contribution < -0.4 is 0 Å². The Morgan fingerprint density at radius 1 is 0.765 bits per heavy atom. The van der Waals surface area contributed by atoms with Crippen LogP contribution in [-0.2, 0) is 0 Å². The highest BCUT2D eigenvalue weighted by Gasteiger charge is 2.10. The van der Waals surface area contributed by atoms with Crippen LogP contribution in [-0.4, -0.2) is 0 Å². The van der Waals surface area contributed by atoms with E-state index in [2.05, 4.69) is 0 Å². The maximum absolute atomic E-state index is 13.9. The van der Waals surface area contributed by atoms with Gasteiger partial charge in [0.25, 0.3) is 0 Å². The van der Waals surface area contributed by atoms with Crippen LogP contribution in [0.3, 0.4) is 0 Å². The van der Waals surface area contributed by atoms with Gasteiger partial charge in [0.1, 0.15) is 11.6 Å². The molecule has 0 nitrogen and oxygen atoms in total. The van der Waals surface area contributed by atoms with Crippen LogP contribution in [0.4, 0.5) is 8.78 Å². The lowest BCUT2D eigenvalue weighted by Gasteiger charge is -2.10. The number of hydrogen-bond donors (Lipinski definition) is 0. The molecular formula is C15H14F2. The Balaban J connectivity index is 2.68. The summed E-state index contributed by atoms with van der Waals surface area (Å²) in [5.41, 5.74) is 3.57. The van der Waals surface area contributed by atoms with Crippen molar-refractivity contribution in [2.45, 2.75) is 20.8 Å². The summed E-state index contributed by atoms with van der Waals surface area (Å²) in [6.45, 7) is 5.48. The molecule has 0 aliphatic heterocycles. The van der Waals surface area contributed by atoms with Gasteiger partial charge in [-0.1, -0.05) is 12.1 Å². The van der Waals surface area contributed by atoms with E-state index in [4.69, 9.17) is 0 Å². The fourth-order valence-corrected chi connectivity index (χ4v) is 2.16. The van der Waals surface area contributed by atoms with Gasteiger partial charge in [0.15, 0.2) is 0 Å². The van der Waals surface area contributed by atoms with Gasteiger partial charge in [-0.15, -0.1) is 0 Å². The second-order valence-electron chi connectivity index (χ2n) is 4.46. The smallest absolute Gasteiger partial charge is 0.131 e. The van der Waals surface area contributed by atoms with Crippen molar-refractivity contribution < 1.29 is 8.78 Å². The van der Waals surface area contributed by atoms with Crippen LogP contribution in [0.2, 0.25) is 0 Å². The molecular weight excluding hydrogens is 218 g/mol. The molecule has 0 saturated carbocycles. The largest absolute Gasteiger partial charge is 0.207 e. The third-order valence-electron chi connectivity index (χ3n) is 2.76. The average Bonchev–Trinajstić information content (AvgIpc) is 2.13. The monoisotopic (exact) mass is 232 g/mol. The molecule has 0 atom stereocenters. The molecule has 0 bridgehead atoms. The van der Waals surface area contributed by atoms with Gasteiger partial charge in [0.05, 0.1) is 0 Å². The van der Waals surface area contributed by atoms with E-state index in [0.717, 1.165) is 16.7 Å². The molecule has 0 unspecified atom stereocenters. The number of halogens is 2. The molecule has 0 fully saturated rings. The predicted molar refractivity (Wildman–Crippen MR) is 66.0 cm³/mol. The van der Waals surface area contributed by atoms with E-state index >= 15 is 0 Å². The lowest BCUT2D eigenvalue weighted by molar-refractivity contribution is 0.623. The molecule has 0 aromatic heterocycles. The van der Waals surface area contributed by atoms with Crippen LogP contribution in [0.15, 0.2) is 30.3 Å². The van der Waals surface area contributed by atoms with E-state index in [-0.39, 0.29) is 11.6 Å². The molecule has 2 aromatic carbocycles. The minimum atomic E-state index is -0.334.